The summed E-state index contributed by atoms with van der Waals surface area (Å²) in [5, 5.41) is 0.803. The summed E-state index contributed by atoms with van der Waals surface area (Å²) in [4.78, 5) is 15.0. The van der Waals surface area contributed by atoms with Crippen molar-refractivity contribution in [1.29, 1.82) is 0 Å². The third-order valence-electron chi connectivity index (χ3n) is 1.49. The quantitative estimate of drug-likeness (QED) is 0.701. The minimum absolute atomic E-state index is 0.438. The third kappa shape index (κ3) is 1.95. The molecule has 3 N–H and O–H groups in total. The van der Waals surface area contributed by atoms with Gasteiger partial charge in [-0.25, -0.2) is 15.0 Å². The molecule has 0 aliphatic carbocycles. The number of rotatable bonds is 1. The van der Waals surface area contributed by atoms with Crippen molar-refractivity contribution in [1.82, 2.24) is 19.9 Å². The lowest BCUT2D eigenvalue weighted by Gasteiger charge is -1.89. The van der Waals surface area contributed by atoms with Gasteiger partial charge in [0.2, 0.25) is 0 Å². The Morgan fingerprint density at radius 1 is 1.36 bits per heavy atom. The first-order chi connectivity index (χ1) is 6.81. The van der Waals surface area contributed by atoms with Gasteiger partial charge in [-0.05, 0) is 6.26 Å². The Balaban J connectivity index is 0.000000461. The molecule has 0 amide bonds. The Kier molecular flexibility index (Phi) is 3.70. The molecule has 2 aromatic heterocycles. The van der Waals surface area contributed by atoms with Crippen LogP contribution in [-0.2, 0) is 0 Å². The number of fused-ring (bicyclic) bond motifs is 1. The van der Waals surface area contributed by atoms with Crippen molar-refractivity contribution in [3.8, 4) is 0 Å². The standard InChI is InChI=1S/C6H7N5S.C2H6/c1-12-6-10-3-4(7)8-2-9-5(3)11-6;1-2/h2H,1H3,(H3,7,8,9,10,11);1-2H3. The number of hydrogen-bond donors (Lipinski definition) is 2. The zero-order valence-electron chi connectivity index (χ0n) is 8.40. The van der Waals surface area contributed by atoms with Crippen LogP contribution in [0.1, 0.15) is 13.8 Å². The summed E-state index contributed by atoms with van der Waals surface area (Å²) in [6.07, 6.45) is 3.34. The molecule has 0 saturated heterocycles. The molecule has 0 spiro atoms. The van der Waals surface area contributed by atoms with Gasteiger partial charge >= 0.3 is 0 Å². The molecular weight excluding hydrogens is 198 g/mol. The number of anilines is 1. The molecule has 14 heavy (non-hydrogen) atoms. The second kappa shape index (κ2) is 4.80. The number of hydrogen-bond acceptors (Lipinski definition) is 5. The zero-order valence-corrected chi connectivity index (χ0v) is 9.22. The topological polar surface area (TPSA) is 80.5 Å². The molecule has 76 valence electrons. The van der Waals surface area contributed by atoms with Gasteiger partial charge in [-0.1, -0.05) is 25.6 Å². The van der Waals surface area contributed by atoms with Crippen LogP contribution in [0.25, 0.3) is 11.2 Å². The first-order valence-corrected chi connectivity index (χ1v) is 5.54. The normalized spacial score (nSPS) is 9.64. The second-order valence-corrected chi connectivity index (χ2v) is 3.00. The van der Waals surface area contributed by atoms with E-state index in [9.17, 15) is 0 Å². The van der Waals surface area contributed by atoms with Gasteiger partial charge in [0.1, 0.15) is 11.8 Å². The van der Waals surface area contributed by atoms with E-state index in [0.29, 0.717) is 17.0 Å². The third-order valence-corrected chi connectivity index (χ3v) is 2.07. The molecule has 0 fully saturated rings. The summed E-state index contributed by atoms with van der Waals surface area (Å²) < 4.78 is 0. The van der Waals surface area contributed by atoms with Crippen LogP contribution in [0.3, 0.4) is 0 Å². The maximum atomic E-state index is 5.59. The number of nitrogen functional groups attached to an aromatic ring is 1. The Bertz CT molecular complexity index is 411. The fourth-order valence-corrected chi connectivity index (χ4v) is 1.30. The van der Waals surface area contributed by atoms with E-state index in [-0.39, 0.29) is 0 Å². The Morgan fingerprint density at radius 2 is 2.07 bits per heavy atom. The minimum atomic E-state index is 0.438. The number of aromatic nitrogens is 4. The highest BCUT2D eigenvalue weighted by molar-refractivity contribution is 7.98. The van der Waals surface area contributed by atoms with Crippen molar-refractivity contribution in [2.75, 3.05) is 12.0 Å². The zero-order chi connectivity index (χ0) is 10.6. The van der Waals surface area contributed by atoms with Gasteiger partial charge < -0.3 is 10.7 Å². The van der Waals surface area contributed by atoms with E-state index in [1.807, 2.05) is 20.1 Å². The molecule has 0 bridgehead atoms. The first-order valence-electron chi connectivity index (χ1n) is 4.31. The van der Waals surface area contributed by atoms with Crippen molar-refractivity contribution in [3.63, 3.8) is 0 Å². The Morgan fingerprint density at radius 3 is 2.64 bits per heavy atom. The molecule has 0 unspecified atom stereocenters. The highest BCUT2D eigenvalue weighted by atomic mass is 32.2. The number of nitrogens with two attached hydrogens (primary N) is 1. The van der Waals surface area contributed by atoms with E-state index >= 15 is 0 Å². The average Bonchev–Trinajstić information content (AvgIpc) is 2.65. The van der Waals surface area contributed by atoms with Gasteiger partial charge in [0, 0.05) is 0 Å². The van der Waals surface area contributed by atoms with Crippen LogP contribution in [-0.4, -0.2) is 26.2 Å². The van der Waals surface area contributed by atoms with Gasteiger partial charge in [0.15, 0.2) is 16.6 Å². The molecule has 0 saturated carbocycles. The molecule has 5 nitrogen and oxygen atoms in total. The van der Waals surface area contributed by atoms with Gasteiger partial charge in [-0.15, -0.1) is 0 Å². The maximum absolute atomic E-state index is 5.59. The van der Waals surface area contributed by atoms with E-state index in [1.54, 1.807) is 0 Å². The van der Waals surface area contributed by atoms with Crippen LogP contribution >= 0.6 is 11.8 Å². The van der Waals surface area contributed by atoms with Crippen molar-refractivity contribution < 1.29 is 0 Å². The molecule has 0 aliphatic rings. The van der Waals surface area contributed by atoms with Gasteiger partial charge in [0.05, 0.1) is 0 Å². The fourth-order valence-electron chi connectivity index (χ4n) is 0.922. The van der Waals surface area contributed by atoms with Crippen LogP contribution in [0.2, 0.25) is 0 Å². The van der Waals surface area contributed by atoms with E-state index in [4.69, 9.17) is 5.73 Å². The van der Waals surface area contributed by atoms with Gasteiger partial charge in [-0.3, -0.25) is 0 Å². The average molecular weight is 211 g/mol. The highest BCUT2D eigenvalue weighted by Crippen LogP contribution is 2.17. The Hall–Kier alpha value is -1.30. The minimum Gasteiger partial charge on any atom is -0.382 e. The number of nitrogens with one attached hydrogen (secondary N) is 1. The highest BCUT2D eigenvalue weighted by Gasteiger charge is 2.05. The summed E-state index contributed by atoms with van der Waals surface area (Å²) in [6.45, 7) is 4.00. The monoisotopic (exact) mass is 211 g/mol. The van der Waals surface area contributed by atoms with Crippen molar-refractivity contribution in [3.05, 3.63) is 6.33 Å². The van der Waals surface area contributed by atoms with Crippen molar-refractivity contribution in [2.45, 2.75) is 19.0 Å². The summed E-state index contributed by atoms with van der Waals surface area (Å²) >= 11 is 1.51. The number of thioether (sulfide) groups is 1. The van der Waals surface area contributed by atoms with Crippen LogP contribution in [0, 0.1) is 0 Å². The van der Waals surface area contributed by atoms with Crippen LogP contribution in [0.15, 0.2) is 11.5 Å². The molecule has 0 aromatic carbocycles. The van der Waals surface area contributed by atoms with E-state index in [0.717, 1.165) is 5.16 Å². The van der Waals surface area contributed by atoms with Crippen LogP contribution in [0.4, 0.5) is 5.82 Å². The first kappa shape index (κ1) is 10.8. The Labute approximate surface area is 86.5 Å². The molecular formula is C8H13N5S. The fraction of sp³-hybridized carbons (Fsp3) is 0.375. The summed E-state index contributed by atoms with van der Waals surface area (Å²) in [6, 6.07) is 0. The number of aromatic amines is 1. The molecule has 2 heterocycles. The number of nitrogens with zero attached hydrogens (tertiary/aromatic N) is 3. The smallest absolute Gasteiger partial charge is 0.183 e. The summed E-state index contributed by atoms with van der Waals surface area (Å²) in [5.41, 5.74) is 6.92. The largest absolute Gasteiger partial charge is 0.382 e. The van der Waals surface area contributed by atoms with Crippen LogP contribution in [0.5, 0.6) is 0 Å². The van der Waals surface area contributed by atoms with Crippen molar-refractivity contribution in [2.24, 2.45) is 0 Å². The molecule has 0 atom stereocenters. The van der Waals surface area contributed by atoms with Crippen LogP contribution < -0.4 is 5.73 Å². The van der Waals surface area contributed by atoms with E-state index < -0.39 is 0 Å². The lowest BCUT2D eigenvalue weighted by molar-refractivity contribution is 1.08. The lowest BCUT2D eigenvalue weighted by Crippen LogP contribution is -1.91. The molecule has 0 radical (unpaired) electrons. The lowest BCUT2D eigenvalue weighted by atomic mass is 10.5. The predicted molar refractivity (Wildman–Crippen MR) is 59.2 cm³/mol. The van der Waals surface area contributed by atoms with Gasteiger partial charge in [-0.2, -0.15) is 0 Å². The number of H-pyrrole nitrogens is 1. The maximum Gasteiger partial charge on any atom is 0.183 e. The second-order valence-electron chi connectivity index (χ2n) is 2.20. The SMILES string of the molecule is CC.CSc1nc2ncnc(N)c2[nH]1. The summed E-state index contributed by atoms with van der Waals surface area (Å²) in [5.74, 6) is 0.438. The number of imidazole rings is 1. The molecule has 6 heteroatoms. The summed E-state index contributed by atoms with van der Waals surface area (Å²) in [7, 11) is 0. The van der Waals surface area contributed by atoms with Gasteiger partial charge in [0.25, 0.3) is 0 Å². The molecule has 2 aromatic rings. The van der Waals surface area contributed by atoms with E-state index in [2.05, 4.69) is 19.9 Å². The molecule has 0 aliphatic heterocycles. The molecule has 2 rings (SSSR count). The predicted octanol–water partition coefficient (Wildman–Crippen LogP) is 1.68. The van der Waals surface area contributed by atoms with Crippen molar-refractivity contribution >= 4 is 28.7 Å². The van der Waals surface area contributed by atoms with E-state index in [1.165, 1.54) is 18.1 Å².